The molecular formula is C17H20N4. The second kappa shape index (κ2) is 6.36. The number of nitrogens with one attached hydrogen (secondary N) is 1. The highest BCUT2D eigenvalue weighted by Crippen LogP contribution is 2.20. The van der Waals surface area contributed by atoms with Crippen LogP contribution >= 0.6 is 0 Å². The van der Waals surface area contributed by atoms with E-state index in [2.05, 4.69) is 42.1 Å². The lowest BCUT2D eigenvalue weighted by molar-refractivity contribution is 0.793. The zero-order valence-electron chi connectivity index (χ0n) is 12.9. The first kappa shape index (κ1) is 15.0. The molecule has 1 N–H and O–H groups in total. The van der Waals surface area contributed by atoms with Crippen LogP contribution in [-0.2, 0) is 0 Å². The molecule has 0 fully saturated rings. The van der Waals surface area contributed by atoms with Gasteiger partial charge in [-0.05, 0) is 43.5 Å². The molecule has 2 aromatic rings. The number of nitrogens with zero attached hydrogens (tertiary/aromatic N) is 3. The first-order valence-corrected chi connectivity index (χ1v) is 7.11. The molecule has 1 aromatic carbocycles. The van der Waals surface area contributed by atoms with Crippen molar-refractivity contribution in [3.05, 3.63) is 52.8 Å². The quantitative estimate of drug-likeness (QED) is 0.921. The highest BCUT2D eigenvalue weighted by atomic mass is 15.1. The molecular weight excluding hydrogens is 260 g/mol. The van der Waals surface area contributed by atoms with Crippen molar-refractivity contribution in [2.24, 2.45) is 0 Å². The van der Waals surface area contributed by atoms with Crippen LogP contribution in [0.4, 0.5) is 5.95 Å². The summed E-state index contributed by atoms with van der Waals surface area (Å²) in [4.78, 5) is 9.00. The molecule has 0 saturated heterocycles. The van der Waals surface area contributed by atoms with Crippen molar-refractivity contribution in [2.45, 2.75) is 39.7 Å². The number of aromatic nitrogens is 2. The minimum absolute atomic E-state index is 0.0829. The number of hydrogen-bond acceptors (Lipinski definition) is 4. The maximum atomic E-state index is 8.83. The Balaban J connectivity index is 2.18. The van der Waals surface area contributed by atoms with Gasteiger partial charge in [0.25, 0.3) is 0 Å². The molecule has 0 bridgehead atoms. The summed E-state index contributed by atoms with van der Waals surface area (Å²) in [7, 11) is 0. The Labute approximate surface area is 125 Å². The fourth-order valence-electron chi connectivity index (χ4n) is 2.08. The largest absolute Gasteiger partial charge is 0.348 e. The first-order chi connectivity index (χ1) is 9.99. The van der Waals surface area contributed by atoms with Crippen LogP contribution in [0.3, 0.4) is 0 Å². The third-order valence-electron chi connectivity index (χ3n) is 3.35. The van der Waals surface area contributed by atoms with Crippen LogP contribution in [-0.4, -0.2) is 9.97 Å². The number of rotatable bonds is 4. The van der Waals surface area contributed by atoms with E-state index in [-0.39, 0.29) is 6.04 Å². The molecule has 1 atom stereocenters. The van der Waals surface area contributed by atoms with Gasteiger partial charge in [0, 0.05) is 11.4 Å². The van der Waals surface area contributed by atoms with Crippen molar-refractivity contribution in [3.63, 3.8) is 0 Å². The number of nitriles is 1. The molecule has 1 aromatic heterocycles. The minimum Gasteiger partial charge on any atom is -0.348 e. The lowest BCUT2D eigenvalue weighted by Crippen LogP contribution is -2.11. The molecule has 1 heterocycles. The van der Waals surface area contributed by atoms with Crippen LogP contribution in [0.25, 0.3) is 0 Å². The molecule has 108 valence electrons. The van der Waals surface area contributed by atoms with Gasteiger partial charge >= 0.3 is 0 Å². The van der Waals surface area contributed by atoms with Crippen molar-refractivity contribution in [2.75, 3.05) is 5.32 Å². The van der Waals surface area contributed by atoms with E-state index in [0.29, 0.717) is 17.4 Å². The Morgan fingerprint density at radius 3 is 2.33 bits per heavy atom. The van der Waals surface area contributed by atoms with Gasteiger partial charge in [-0.3, -0.25) is 0 Å². The zero-order valence-corrected chi connectivity index (χ0v) is 12.9. The summed E-state index contributed by atoms with van der Waals surface area (Å²) in [5.74, 6) is 1.02. The third-order valence-corrected chi connectivity index (χ3v) is 3.35. The number of anilines is 1. The molecule has 1 unspecified atom stereocenters. The van der Waals surface area contributed by atoms with Crippen LogP contribution in [0.1, 0.15) is 55.2 Å². The fraction of sp³-hybridized carbons (Fsp3) is 0.353. The van der Waals surface area contributed by atoms with Gasteiger partial charge in [0.1, 0.15) is 0 Å². The highest BCUT2D eigenvalue weighted by Gasteiger charge is 2.10. The first-order valence-electron chi connectivity index (χ1n) is 7.11. The Morgan fingerprint density at radius 2 is 1.76 bits per heavy atom. The summed E-state index contributed by atoms with van der Waals surface area (Å²) in [5.41, 5.74) is 3.77. The number of hydrogen-bond donors (Lipinski definition) is 1. The van der Waals surface area contributed by atoms with Crippen molar-refractivity contribution in [1.82, 2.24) is 9.97 Å². The Hall–Kier alpha value is -2.41. The maximum Gasteiger partial charge on any atom is 0.223 e. The molecule has 0 aliphatic heterocycles. The minimum atomic E-state index is 0.0829. The molecule has 0 radical (unpaired) electrons. The van der Waals surface area contributed by atoms with Gasteiger partial charge in [-0.2, -0.15) is 5.26 Å². The van der Waals surface area contributed by atoms with E-state index in [1.807, 2.05) is 37.3 Å². The van der Waals surface area contributed by atoms with E-state index in [9.17, 15) is 0 Å². The highest BCUT2D eigenvalue weighted by molar-refractivity contribution is 5.37. The smallest absolute Gasteiger partial charge is 0.223 e. The molecule has 0 spiro atoms. The second-order valence-corrected chi connectivity index (χ2v) is 5.51. The van der Waals surface area contributed by atoms with Gasteiger partial charge in [-0.25, -0.2) is 9.97 Å². The second-order valence-electron chi connectivity index (χ2n) is 5.51. The molecule has 4 nitrogen and oxygen atoms in total. The van der Waals surface area contributed by atoms with Crippen molar-refractivity contribution in [3.8, 4) is 6.07 Å². The zero-order chi connectivity index (χ0) is 15.4. The molecule has 0 aliphatic carbocycles. The lowest BCUT2D eigenvalue weighted by atomic mass is 10.1. The van der Waals surface area contributed by atoms with Crippen LogP contribution in [0.15, 0.2) is 30.3 Å². The summed E-state index contributed by atoms with van der Waals surface area (Å²) in [6.07, 6.45) is 0. The lowest BCUT2D eigenvalue weighted by Gasteiger charge is -2.16. The van der Waals surface area contributed by atoms with Gasteiger partial charge in [0.15, 0.2) is 0 Å². The standard InChI is InChI=1S/C17H20N4/c1-11(2)16-9-12(3)19-17(21-16)20-13(4)15-7-5-14(10-18)6-8-15/h5-9,11,13H,1-4H3,(H,19,20,21). The van der Waals surface area contributed by atoms with E-state index < -0.39 is 0 Å². The van der Waals surface area contributed by atoms with Crippen LogP contribution in [0, 0.1) is 18.3 Å². The Morgan fingerprint density at radius 1 is 1.10 bits per heavy atom. The average molecular weight is 280 g/mol. The normalized spacial score (nSPS) is 12.0. The third kappa shape index (κ3) is 3.79. The monoisotopic (exact) mass is 280 g/mol. The van der Waals surface area contributed by atoms with Crippen molar-refractivity contribution < 1.29 is 0 Å². The molecule has 4 heteroatoms. The molecule has 0 saturated carbocycles. The number of aryl methyl sites for hydroxylation is 1. The van der Waals surface area contributed by atoms with E-state index in [0.717, 1.165) is 17.0 Å². The van der Waals surface area contributed by atoms with Gasteiger partial charge < -0.3 is 5.32 Å². The Kier molecular flexibility index (Phi) is 4.54. The molecule has 21 heavy (non-hydrogen) atoms. The van der Waals surface area contributed by atoms with Crippen molar-refractivity contribution >= 4 is 5.95 Å². The Bertz CT molecular complexity index is 653. The molecule has 0 amide bonds. The molecule has 0 aliphatic rings. The summed E-state index contributed by atoms with van der Waals surface area (Å²) in [6, 6.07) is 11.8. The van der Waals surface area contributed by atoms with Gasteiger partial charge in [-0.1, -0.05) is 26.0 Å². The topological polar surface area (TPSA) is 61.6 Å². The number of benzene rings is 1. The fourth-order valence-corrected chi connectivity index (χ4v) is 2.08. The van der Waals surface area contributed by atoms with Gasteiger partial charge in [0.05, 0.1) is 17.7 Å². The van der Waals surface area contributed by atoms with Crippen LogP contribution in [0.2, 0.25) is 0 Å². The summed E-state index contributed by atoms with van der Waals surface area (Å²) >= 11 is 0. The summed E-state index contributed by atoms with van der Waals surface area (Å²) in [6.45, 7) is 8.28. The predicted molar refractivity (Wildman–Crippen MR) is 84.1 cm³/mol. The van der Waals surface area contributed by atoms with E-state index in [4.69, 9.17) is 5.26 Å². The van der Waals surface area contributed by atoms with Gasteiger partial charge in [-0.15, -0.1) is 0 Å². The van der Waals surface area contributed by atoms with Crippen LogP contribution in [0.5, 0.6) is 0 Å². The van der Waals surface area contributed by atoms with Crippen LogP contribution < -0.4 is 5.32 Å². The molecule has 2 rings (SSSR count). The van der Waals surface area contributed by atoms with Gasteiger partial charge in [0.2, 0.25) is 5.95 Å². The predicted octanol–water partition coefficient (Wildman–Crippen LogP) is 3.95. The van der Waals surface area contributed by atoms with Crippen molar-refractivity contribution in [1.29, 1.82) is 5.26 Å². The van der Waals surface area contributed by atoms with E-state index in [1.54, 1.807) is 0 Å². The van der Waals surface area contributed by atoms with E-state index in [1.165, 1.54) is 0 Å². The SMILES string of the molecule is Cc1cc(C(C)C)nc(NC(C)c2ccc(C#N)cc2)n1. The van der Waals surface area contributed by atoms with E-state index >= 15 is 0 Å². The average Bonchev–Trinajstić information content (AvgIpc) is 2.46. The maximum absolute atomic E-state index is 8.83. The summed E-state index contributed by atoms with van der Waals surface area (Å²) < 4.78 is 0. The summed E-state index contributed by atoms with van der Waals surface area (Å²) in [5, 5.41) is 12.2.